The second-order valence-corrected chi connectivity index (χ2v) is 5.00. The number of benzene rings is 1. The Kier molecular flexibility index (Phi) is 7.93. The van der Waals surface area contributed by atoms with Crippen molar-refractivity contribution in [3.8, 4) is 11.5 Å². The van der Waals surface area contributed by atoms with Gasteiger partial charge in [-0.1, -0.05) is 18.5 Å². The molecule has 0 fully saturated rings. The van der Waals surface area contributed by atoms with Crippen molar-refractivity contribution in [1.82, 2.24) is 5.32 Å². The van der Waals surface area contributed by atoms with E-state index >= 15 is 0 Å². The summed E-state index contributed by atoms with van der Waals surface area (Å²) >= 11 is 6.18. The van der Waals surface area contributed by atoms with Crippen LogP contribution < -0.4 is 20.5 Å². The Morgan fingerprint density at radius 3 is 2.76 bits per heavy atom. The highest BCUT2D eigenvalue weighted by Gasteiger charge is 2.15. The third-order valence-corrected chi connectivity index (χ3v) is 3.14. The van der Waals surface area contributed by atoms with E-state index in [1.807, 2.05) is 6.92 Å². The van der Waals surface area contributed by atoms with Crippen LogP contribution in [0.15, 0.2) is 12.1 Å². The number of amides is 1. The Morgan fingerprint density at radius 1 is 1.38 bits per heavy atom. The number of halogens is 1. The minimum absolute atomic E-state index is 0.186. The van der Waals surface area contributed by atoms with Gasteiger partial charge in [0, 0.05) is 12.1 Å². The molecule has 0 aliphatic rings. The molecule has 0 heterocycles. The first-order chi connectivity index (χ1) is 10.1. The summed E-state index contributed by atoms with van der Waals surface area (Å²) in [5.41, 5.74) is 5.86. The number of nitrogens with two attached hydrogens (primary N) is 1. The average molecular weight is 315 g/mol. The van der Waals surface area contributed by atoms with Gasteiger partial charge in [0.15, 0.2) is 11.5 Å². The number of methoxy groups -OCH3 is 1. The van der Waals surface area contributed by atoms with E-state index in [4.69, 9.17) is 26.8 Å². The predicted octanol–water partition coefficient (Wildman–Crippen LogP) is 2.61. The summed E-state index contributed by atoms with van der Waals surface area (Å²) in [6, 6.07) is 3.22. The van der Waals surface area contributed by atoms with Gasteiger partial charge in [-0.05, 0) is 37.9 Å². The molecule has 0 aliphatic heterocycles. The fourth-order valence-corrected chi connectivity index (χ4v) is 2.03. The standard InChI is InChI=1S/C15H23ClN2O3/c1-3-8-21-14-12(16)9-11(10-13(14)20-2)15(19)18-7-5-4-6-17/h9-10H,3-8,17H2,1-2H3,(H,18,19). The first kappa shape index (κ1) is 17.6. The molecule has 21 heavy (non-hydrogen) atoms. The van der Waals surface area contributed by atoms with Crippen molar-refractivity contribution in [3.63, 3.8) is 0 Å². The number of carbonyl (C=O) groups excluding carboxylic acids is 1. The number of carbonyl (C=O) groups is 1. The number of hydrogen-bond acceptors (Lipinski definition) is 4. The van der Waals surface area contributed by atoms with Crippen LogP contribution in [0.4, 0.5) is 0 Å². The molecule has 0 radical (unpaired) electrons. The van der Waals surface area contributed by atoms with Crippen LogP contribution in [0, 0.1) is 0 Å². The summed E-state index contributed by atoms with van der Waals surface area (Å²) in [4.78, 5) is 12.1. The molecule has 0 spiro atoms. The van der Waals surface area contributed by atoms with E-state index in [1.165, 1.54) is 7.11 Å². The zero-order valence-electron chi connectivity index (χ0n) is 12.6. The van der Waals surface area contributed by atoms with Crippen LogP contribution in [0.5, 0.6) is 11.5 Å². The van der Waals surface area contributed by atoms with Gasteiger partial charge in [0.25, 0.3) is 5.91 Å². The smallest absolute Gasteiger partial charge is 0.251 e. The number of unbranched alkanes of at least 4 members (excludes halogenated alkanes) is 1. The van der Waals surface area contributed by atoms with Gasteiger partial charge in [-0.2, -0.15) is 0 Å². The largest absolute Gasteiger partial charge is 0.493 e. The van der Waals surface area contributed by atoms with Crippen LogP contribution in [0.3, 0.4) is 0 Å². The van der Waals surface area contributed by atoms with E-state index in [0.717, 1.165) is 19.3 Å². The van der Waals surface area contributed by atoms with Gasteiger partial charge in [0.2, 0.25) is 0 Å². The number of rotatable bonds is 9. The molecule has 0 atom stereocenters. The Balaban J connectivity index is 2.79. The van der Waals surface area contributed by atoms with Crippen LogP contribution in [-0.2, 0) is 0 Å². The van der Waals surface area contributed by atoms with Gasteiger partial charge in [0.05, 0.1) is 18.7 Å². The molecule has 0 saturated carbocycles. The normalized spacial score (nSPS) is 10.3. The monoisotopic (exact) mass is 314 g/mol. The molecular formula is C15H23ClN2O3. The zero-order valence-corrected chi connectivity index (χ0v) is 13.3. The Bertz CT molecular complexity index is 466. The molecule has 3 N–H and O–H groups in total. The predicted molar refractivity (Wildman–Crippen MR) is 84.4 cm³/mol. The molecule has 1 rings (SSSR count). The van der Waals surface area contributed by atoms with Gasteiger partial charge < -0.3 is 20.5 Å². The van der Waals surface area contributed by atoms with Gasteiger partial charge in [-0.3, -0.25) is 4.79 Å². The van der Waals surface area contributed by atoms with Crippen molar-refractivity contribution < 1.29 is 14.3 Å². The Morgan fingerprint density at radius 2 is 2.14 bits per heavy atom. The molecule has 5 nitrogen and oxygen atoms in total. The van der Waals surface area contributed by atoms with E-state index in [9.17, 15) is 4.79 Å². The summed E-state index contributed by atoms with van der Waals surface area (Å²) in [7, 11) is 1.52. The van der Waals surface area contributed by atoms with Crippen molar-refractivity contribution in [2.75, 3.05) is 26.8 Å². The summed E-state index contributed by atoms with van der Waals surface area (Å²) in [6.45, 7) is 3.76. The van der Waals surface area contributed by atoms with E-state index < -0.39 is 0 Å². The minimum Gasteiger partial charge on any atom is -0.493 e. The van der Waals surface area contributed by atoms with Crippen LogP contribution >= 0.6 is 11.6 Å². The molecular weight excluding hydrogens is 292 g/mol. The lowest BCUT2D eigenvalue weighted by atomic mass is 10.2. The fraction of sp³-hybridized carbons (Fsp3) is 0.533. The second kappa shape index (κ2) is 9.47. The molecule has 0 aromatic heterocycles. The summed E-state index contributed by atoms with van der Waals surface area (Å²) in [5, 5.41) is 3.20. The van der Waals surface area contributed by atoms with Crippen molar-refractivity contribution in [3.05, 3.63) is 22.7 Å². The highest BCUT2D eigenvalue weighted by Crippen LogP contribution is 2.36. The SMILES string of the molecule is CCCOc1c(Cl)cc(C(=O)NCCCCN)cc1OC. The second-order valence-electron chi connectivity index (χ2n) is 4.59. The summed E-state index contributed by atoms with van der Waals surface area (Å²) in [6.07, 6.45) is 2.60. The van der Waals surface area contributed by atoms with E-state index in [2.05, 4.69) is 5.32 Å². The highest BCUT2D eigenvalue weighted by atomic mass is 35.5. The maximum atomic E-state index is 12.1. The zero-order chi connectivity index (χ0) is 15.7. The first-order valence-electron chi connectivity index (χ1n) is 7.12. The molecule has 6 heteroatoms. The van der Waals surface area contributed by atoms with Crippen LogP contribution in [-0.4, -0.2) is 32.7 Å². The Hall–Kier alpha value is -1.46. The lowest BCUT2D eigenvalue weighted by molar-refractivity contribution is 0.0952. The van der Waals surface area contributed by atoms with Crippen LogP contribution in [0.25, 0.3) is 0 Å². The maximum absolute atomic E-state index is 12.1. The first-order valence-corrected chi connectivity index (χ1v) is 7.50. The third kappa shape index (κ3) is 5.44. The molecule has 0 unspecified atom stereocenters. The van der Waals surface area contributed by atoms with E-state index in [-0.39, 0.29) is 5.91 Å². The minimum atomic E-state index is -0.186. The number of nitrogens with one attached hydrogen (secondary N) is 1. The van der Waals surface area contributed by atoms with Crippen molar-refractivity contribution in [2.45, 2.75) is 26.2 Å². The summed E-state index contributed by atoms with van der Waals surface area (Å²) in [5.74, 6) is 0.748. The van der Waals surface area contributed by atoms with Gasteiger partial charge >= 0.3 is 0 Å². The molecule has 0 aliphatic carbocycles. The maximum Gasteiger partial charge on any atom is 0.251 e. The van der Waals surface area contributed by atoms with E-state index in [1.54, 1.807) is 12.1 Å². The quantitative estimate of drug-likeness (QED) is 0.687. The van der Waals surface area contributed by atoms with Crippen LogP contribution in [0.1, 0.15) is 36.5 Å². The lowest BCUT2D eigenvalue weighted by Gasteiger charge is -2.13. The summed E-state index contributed by atoms with van der Waals surface area (Å²) < 4.78 is 10.8. The molecule has 0 bridgehead atoms. The highest BCUT2D eigenvalue weighted by molar-refractivity contribution is 6.32. The number of hydrogen-bond donors (Lipinski definition) is 2. The molecule has 1 aromatic rings. The molecule has 0 saturated heterocycles. The van der Waals surface area contributed by atoms with Crippen LogP contribution in [0.2, 0.25) is 5.02 Å². The molecule has 118 valence electrons. The number of ether oxygens (including phenoxy) is 2. The Labute approximate surface area is 130 Å². The van der Waals surface area contributed by atoms with Gasteiger partial charge in [-0.15, -0.1) is 0 Å². The third-order valence-electron chi connectivity index (χ3n) is 2.86. The fourth-order valence-electron chi connectivity index (χ4n) is 1.77. The molecule has 1 aromatic carbocycles. The van der Waals surface area contributed by atoms with Crippen molar-refractivity contribution in [2.24, 2.45) is 5.73 Å². The van der Waals surface area contributed by atoms with E-state index in [0.29, 0.717) is 41.8 Å². The van der Waals surface area contributed by atoms with Gasteiger partial charge in [-0.25, -0.2) is 0 Å². The average Bonchev–Trinajstić information content (AvgIpc) is 2.49. The van der Waals surface area contributed by atoms with Gasteiger partial charge in [0.1, 0.15) is 0 Å². The lowest BCUT2D eigenvalue weighted by Crippen LogP contribution is -2.25. The topological polar surface area (TPSA) is 73.6 Å². The molecule has 1 amide bonds. The van der Waals surface area contributed by atoms with Crippen molar-refractivity contribution in [1.29, 1.82) is 0 Å². The van der Waals surface area contributed by atoms with Crippen molar-refractivity contribution >= 4 is 17.5 Å².